The lowest BCUT2D eigenvalue weighted by molar-refractivity contribution is -0.346. The van der Waals surface area contributed by atoms with Crippen LogP contribution in [0.15, 0.2) is 102 Å². The van der Waals surface area contributed by atoms with E-state index in [1.807, 2.05) is 0 Å². The first-order valence-electron chi connectivity index (χ1n) is 23.5. The van der Waals surface area contributed by atoms with Crippen molar-refractivity contribution in [1.29, 1.82) is 0 Å². The minimum absolute atomic E-state index is 0.00289. The topological polar surface area (TPSA) is 259 Å². The second-order valence-corrected chi connectivity index (χ2v) is 19.2. The predicted molar refractivity (Wildman–Crippen MR) is 249 cm³/mol. The largest absolute Gasteiger partial charge is 0.481 e. The summed E-state index contributed by atoms with van der Waals surface area (Å²) in [4.78, 5) is 93.3. The molecule has 3 aromatic rings. The second kappa shape index (κ2) is 21.4. The minimum atomic E-state index is -2.39. The van der Waals surface area contributed by atoms with Crippen molar-refractivity contribution < 1.29 is 77.7 Å². The highest BCUT2D eigenvalue weighted by Gasteiger charge is 2.78. The van der Waals surface area contributed by atoms with Crippen LogP contribution in [0.25, 0.3) is 0 Å². The Kier molecular flexibility index (Phi) is 16.2. The molecular weight excluding hydrogens is 907 g/mol. The minimum Gasteiger partial charge on any atom is -0.481 e. The Labute approximate surface area is 406 Å². The zero-order valence-corrected chi connectivity index (χ0v) is 40.4. The Bertz CT molecular complexity index is 2460. The number of unbranched alkanes of at least 4 members (excludes halogenated alkanes) is 2. The highest BCUT2D eigenvalue weighted by molar-refractivity contribution is 5.96. The van der Waals surface area contributed by atoms with Crippen LogP contribution in [0, 0.1) is 16.7 Å². The molecule has 0 radical (unpaired) electrons. The van der Waals surface area contributed by atoms with E-state index in [1.165, 1.54) is 26.0 Å². The number of fused-ring (bicyclic) bond motifs is 5. The molecule has 1 aliphatic heterocycles. The highest BCUT2D eigenvalue weighted by atomic mass is 16.6. The van der Waals surface area contributed by atoms with Crippen molar-refractivity contribution in [3.05, 3.63) is 119 Å². The number of aliphatic hydroxyl groups excluding tert-OH is 2. The molecule has 7 rings (SSSR count). The number of Topliss-reactive ketones (excluding diaryl/α,β-unsaturated/α-hetero) is 1. The first kappa shape index (κ1) is 53.1. The van der Waals surface area contributed by atoms with Gasteiger partial charge in [-0.25, -0.2) is 9.59 Å². The lowest BCUT2D eigenvalue weighted by atomic mass is 9.44. The van der Waals surface area contributed by atoms with Gasteiger partial charge in [-0.3, -0.25) is 24.0 Å². The van der Waals surface area contributed by atoms with Crippen LogP contribution in [0.2, 0.25) is 0 Å². The standard InChI is InChI=1S/C47H51NO14.C6H12O2/c1-25-31(60-43(56)36(52)35(28-16-10-7-11-17-28)48-41(54)29-18-12-8-13-19-29)23-47(57)40(61-42(55)30-20-14-9-15-21-30)38-45(6,32(51)22-33-46(38,24-58-33)62-27(3)50)39(53)37(59-26(2)49)34(25)44(47,4)5;1-2-3-4-5-6(7)8/h7-21,31-33,35-38,40,51-52,57H,22-24H2,1-6H3,(H,48,54);2-5H2,1H3,(H,7,8)/t31-,32-,33+,35-,36+,37+,38-,40-,45+,46-,47+;/m0./s1. The molecule has 1 amide bonds. The summed E-state index contributed by atoms with van der Waals surface area (Å²) in [6.45, 7) is 10.0. The molecule has 5 N–H and O–H groups in total. The molecule has 1 saturated heterocycles. The molecule has 11 atom stereocenters. The van der Waals surface area contributed by atoms with Crippen molar-refractivity contribution in [3.63, 3.8) is 0 Å². The number of ketones is 1. The summed E-state index contributed by atoms with van der Waals surface area (Å²) in [5.74, 6) is -7.52. The van der Waals surface area contributed by atoms with E-state index in [9.17, 15) is 44.1 Å². The third-order valence-electron chi connectivity index (χ3n) is 14.5. The lowest BCUT2D eigenvalue weighted by Gasteiger charge is -2.67. The first-order valence-corrected chi connectivity index (χ1v) is 23.5. The predicted octanol–water partition coefficient (Wildman–Crippen LogP) is 5.39. The van der Waals surface area contributed by atoms with Crippen LogP contribution in [0.4, 0.5) is 0 Å². The number of amides is 1. The third kappa shape index (κ3) is 10.2. The average molecular weight is 970 g/mol. The van der Waals surface area contributed by atoms with Crippen LogP contribution < -0.4 is 5.32 Å². The van der Waals surface area contributed by atoms with Crippen molar-refractivity contribution in [1.82, 2.24) is 5.32 Å². The summed E-state index contributed by atoms with van der Waals surface area (Å²) in [5, 5.41) is 48.4. The van der Waals surface area contributed by atoms with Gasteiger partial charge in [0.2, 0.25) is 0 Å². The normalized spacial score (nSPS) is 29.3. The van der Waals surface area contributed by atoms with Gasteiger partial charge in [0.25, 0.3) is 5.91 Å². The van der Waals surface area contributed by atoms with Gasteiger partial charge in [0.05, 0.1) is 35.6 Å². The van der Waals surface area contributed by atoms with Crippen molar-refractivity contribution in [2.45, 2.75) is 141 Å². The van der Waals surface area contributed by atoms with E-state index >= 15 is 4.79 Å². The Morgan fingerprint density at radius 1 is 0.829 bits per heavy atom. The number of benzene rings is 3. The van der Waals surface area contributed by atoms with Crippen LogP contribution in [-0.2, 0) is 47.7 Å². The molecule has 17 nitrogen and oxygen atoms in total. The number of aliphatic hydroxyl groups is 3. The summed E-state index contributed by atoms with van der Waals surface area (Å²) in [5.41, 5.74) is -7.02. The molecule has 376 valence electrons. The number of hydrogen-bond acceptors (Lipinski definition) is 15. The van der Waals surface area contributed by atoms with Crippen molar-refractivity contribution in [3.8, 4) is 0 Å². The number of nitrogens with one attached hydrogen (secondary N) is 1. The van der Waals surface area contributed by atoms with Gasteiger partial charge >= 0.3 is 29.8 Å². The van der Waals surface area contributed by atoms with Gasteiger partial charge in [-0.2, -0.15) is 0 Å². The molecule has 1 heterocycles. The maximum absolute atomic E-state index is 15.5. The smallest absolute Gasteiger partial charge is 0.338 e. The Morgan fingerprint density at radius 2 is 1.41 bits per heavy atom. The number of aliphatic carboxylic acids is 1. The SMILES string of the molecule is CC(=O)O[C@H]1C(=O)[C@@]2(C)[C@H]([C@H](OC(=O)c3ccccc3)[C@]3(O)C[C@H](OC(=O)[C@H](O)[C@@H](NC(=O)c4ccccc4)c4ccccc4)C(C)=C1C3(C)C)[C@]1(OC(C)=O)CO[C@@H]1C[C@@H]2O.CCCCCC(=O)O. The molecule has 17 heteroatoms. The Balaban J connectivity index is 0.000000923. The molecule has 0 aromatic heterocycles. The number of esters is 4. The zero-order valence-electron chi connectivity index (χ0n) is 40.4. The molecule has 2 saturated carbocycles. The summed E-state index contributed by atoms with van der Waals surface area (Å²) < 4.78 is 30.3. The van der Waals surface area contributed by atoms with Crippen LogP contribution in [-0.4, -0.2) is 116 Å². The number of ether oxygens (including phenoxy) is 5. The van der Waals surface area contributed by atoms with Crippen LogP contribution in [0.1, 0.15) is 119 Å². The molecule has 4 aliphatic rings. The monoisotopic (exact) mass is 969 g/mol. The van der Waals surface area contributed by atoms with Gasteiger partial charge in [-0.05, 0) is 61.2 Å². The molecule has 3 aromatic carbocycles. The second-order valence-electron chi connectivity index (χ2n) is 19.2. The molecule has 0 unspecified atom stereocenters. The summed E-state index contributed by atoms with van der Waals surface area (Å²) in [7, 11) is 0. The van der Waals surface area contributed by atoms with E-state index in [1.54, 1.807) is 92.7 Å². The molecule has 70 heavy (non-hydrogen) atoms. The van der Waals surface area contributed by atoms with E-state index in [-0.39, 0.29) is 35.3 Å². The van der Waals surface area contributed by atoms with Crippen LogP contribution in [0.5, 0.6) is 0 Å². The van der Waals surface area contributed by atoms with Crippen molar-refractivity contribution in [2.24, 2.45) is 16.7 Å². The number of carboxylic acid groups (broad SMARTS) is 1. The summed E-state index contributed by atoms with van der Waals surface area (Å²) >= 11 is 0. The number of carbonyl (C=O) groups is 7. The maximum Gasteiger partial charge on any atom is 0.338 e. The van der Waals surface area contributed by atoms with Crippen LogP contribution >= 0.6 is 0 Å². The van der Waals surface area contributed by atoms with Gasteiger partial charge < -0.3 is 49.4 Å². The molecule has 0 spiro atoms. The average Bonchev–Trinajstić information content (AvgIpc) is 3.32. The van der Waals surface area contributed by atoms with E-state index in [2.05, 4.69) is 12.2 Å². The van der Waals surface area contributed by atoms with E-state index in [0.717, 1.165) is 33.1 Å². The zero-order chi connectivity index (χ0) is 51.3. The fourth-order valence-electron chi connectivity index (χ4n) is 10.7. The fraction of sp³-hybridized carbons (Fsp3) is 0.491. The van der Waals surface area contributed by atoms with E-state index in [0.29, 0.717) is 12.0 Å². The molecule has 3 aliphatic carbocycles. The summed E-state index contributed by atoms with van der Waals surface area (Å²) in [6, 6.07) is 22.9. The van der Waals surface area contributed by atoms with Crippen LogP contribution in [0.3, 0.4) is 0 Å². The lowest BCUT2D eigenvalue weighted by Crippen LogP contribution is -2.82. The van der Waals surface area contributed by atoms with E-state index in [4.69, 9.17) is 28.8 Å². The fourth-order valence-corrected chi connectivity index (χ4v) is 10.7. The highest BCUT2D eigenvalue weighted by Crippen LogP contribution is 2.64. The number of carbonyl (C=O) groups excluding carboxylic acids is 6. The Hall–Kier alpha value is -6.27. The summed E-state index contributed by atoms with van der Waals surface area (Å²) in [6.07, 6.45) is -7.23. The van der Waals surface area contributed by atoms with Gasteiger partial charge in [0, 0.05) is 44.1 Å². The number of hydrogen-bond donors (Lipinski definition) is 5. The first-order chi connectivity index (χ1) is 33.0. The quantitative estimate of drug-likeness (QED) is 0.0587. The van der Waals surface area contributed by atoms with Crippen molar-refractivity contribution in [2.75, 3.05) is 6.61 Å². The molecule has 2 bridgehead atoms. The van der Waals surface area contributed by atoms with Gasteiger partial charge in [-0.1, -0.05) is 100 Å². The third-order valence-corrected chi connectivity index (χ3v) is 14.5. The van der Waals surface area contributed by atoms with Gasteiger partial charge in [-0.15, -0.1) is 0 Å². The van der Waals surface area contributed by atoms with Gasteiger partial charge in [0.15, 0.2) is 23.6 Å². The maximum atomic E-state index is 15.5. The molecule has 3 fully saturated rings. The Morgan fingerprint density at radius 3 is 1.94 bits per heavy atom. The molecular formula is C53H63NO16. The number of rotatable bonds is 14. The van der Waals surface area contributed by atoms with E-state index < -0.39 is 119 Å². The number of carboxylic acids is 1. The van der Waals surface area contributed by atoms with Crippen molar-refractivity contribution >= 4 is 41.5 Å². The van der Waals surface area contributed by atoms with Gasteiger partial charge in [0.1, 0.15) is 23.9 Å².